The molecule has 1 atom stereocenters. The van der Waals surface area contributed by atoms with Gasteiger partial charge in [0, 0.05) is 12.6 Å². The van der Waals surface area contributed by atoms with E-state index in [1.807, 2.05) is 0 Å². The van der Waals surface area contributed by atoms with Crippen molar-refractivity contribution in [3.05, 3.63) is 23.2 Å². The van der Waals surface area contributed by atoms with Gasteiger partial charge in [-0.15, -0.1) is 0 Å². The average Bonchev–Trinajstić information content (AvgIpc) is 3.26. The van der Waals surface area contributed by atoms with Crippen LogP contribution in [0.3, 0.4) is 0 Å². The Kier molecular flexibility index (Phi) is 4.15. The van der Waals surface area contributed by atoms with Crippen molar-refractivity contribution in [2.24, 2.45) is 5.92 Å². The monoisotopic (exact) mass is 349 g/mol. The summed E-state index contributed by atoms with van der Waals surface area (Å²) < 4.78 is 15.6. The third-order valence-electron chi connectivity index (χ3n) is 4.63. The average molecular weight is 349 g/mol. The summed E-state index contributed by atoms with van der Waals surface area (Å²) >= 11 is 1.27. The Morgan fingerprint density at radius 2 is 2.25 bits per heavy atom. The Balaban J connectivity index is 1.38. The summed E-state index contributed by atoms with van der Waals surface area (Å²) in [6.07, 6.45) is 3.88. The van der Waals surface area contributed by atoms with Gasteiger partial charge >= 0.3 is 12.0 Å². The van der Waals surface area contributed by atoms with Crippen LogP contribution in [-0.2, 0) is 0 Å². The molecule has 5 rings (SSSR count). The predicted octanol–water partition coefficient (Wildman–Crippen LogP) is 2.36. The van der Waals surface area contributed by atoms with Crippen molar-refractivity contribution in [1.82, 2.24) is 15.2 Å². The number of hydrogen-bond donors (Lipinski definition) is 1. The molecule has 3 aliphatic rings. The van der Waals surface area contributed by atoms with Gasteiger partial charge < -0.3 is 24.1 Å². The largest absolute Gasteiger partial charge is 0.467 e. The fourth-order valence-corrected chi connectivity index (χ4v) is 4.09. The van der Waals surface area contributed by atoms with Crippen LogP contribution in [0.5, 0.6) is 17.1 Å². The van der Waals surface area contributed by atoms with Crippen LogP contribution in [0.25, 0.3) is 0 Å². The third kappa shape index (κ3) is 3.11. The first-order valence-corrected chi connectivity index (χ1v) is 8.83. The van der Waals surface area contributed by atoms with E-state index in [1.165, 1.54) is 37.5 Å². The number of amides is 1. The molecule has 1 amide bonds. The molecule has 3 aliphatic heterocycles. The number of rotatable bonds is 5. The molecule has 0 radical (unpaired) electrons. The lowest BCUT2D eigenvalue weighted by Crippen LogP contribution is -2.57. The molecule has 128 valence electrons. The van der Waals surface area contributed by atoms with Crippen LogP contribution in [0.1, 0.15) is 22.5 Å². The van der Waals surface area contributed by atoms with Crippen LogP contribution in [0.4, 0.5) is 0 Å². The van der Waals surface area contributed by atoms with E-state index in [2.05, 4.69) is 15.2 Å². The van der Waals surface area contributed by atoms with Gasteiger partial charge in [0.05, 0.1) is 12.0 Å². The second-order valence-corrected chi connectivity index (χ2v) is 7.13. The van der Waals surface area contributed by atoms with Crippen molar-refractivity contribution in [3.8, 4) is 17.1 Å². The minimum absolute atomic E-state index is 0.0430. The molecular formula is C16H19N3O4S. The third-order valence-corrected chi connectivity index (χ3v) is 5.59. The maximum absolute atomic E-state index is 12.5. The molecular weight excluding hydrogens is 330 g/mol. The van der Waals surface area contributed by atoms with E-state index in [-0.39, 0.29) is 24.0 Å². The number of aromatic nitrogens is 1. The molecule has 8 heteroatoms. The Hall–Kier alpha value is -2.06. The molecule has 5 heterocycles. The molecule has 0 aliphatic carbocycles. The van der Waals surface area contributed by atoms with Crippen molar-refractivity contribution in [2.75, 3.05) is 26.7 Å². The first kappa shape index (κ1) is 15.5. The van der Waals surface area contributed by atoms with E-state index in [1.54, 1.807) is 12.1 Å². The highest BCUT2D eigenvalue weighted by molar-refractivity contribution is 7.15. The minimum Gasteiger partial charge on any atom is -0.467 e. The number of hydrogen-bond acceptors (Lipinski definition) is 7. The summed E-state index contributed by atoms with van der Waals surface area (Å²) in [4.78, 5) is 19.5. The molecule has 0 unspecified atom stereocenters. The molecule has 0 aromatic carbocycles. The Morgan fingerprint density at radius 3 is 2.92 bits per heavy atom. The van der Waals surface area contributed by atoms with E-state index in [4.69, 9.17) is 13.9 Å². The molecule has 3 fully saturated rings. The van der Waals surface area contributed by atoms with Crippen LogP contribution >= 0.6 is 11.3 Å². The SMILES string of the molecule is COc1cnc(Oc2ccc(C(=O)N[C@H]3CN4CCC3CC4)s2)o1. The van der Waals surface area contributed by atoms with E-state index in [0.29, 0.717) is 15.9 Å². The normalized spacial score (nSPS) is 25.5. The number of carbonyl (C=O) groups excluding carboxylic acids is 1. The summed E-state index contributed by atoms with van der Waals surface area (Å²) in [5.41, 5.74) is 0. The zero-order chi connectivity index (χ0) is 16.5. The summed E-state index contributed by atoms with van der Waals surface area (Å²) in [5, 5.41) is 3.73. The number of methoxy groups -OCH3 is 1. The van der Waals surface area contributed by atoms with Gasteiger partial charge in [-0.2, -0.15) is 4.98 Å². The van der Waals surface area contributed by atoms with E-state index < -0.39 is 0 Å². The number of nitrogens with one attached hydrogen (secondary N) is 1. The molecule has 2 bridgehead atoms. The standard InChI is InChI=1S/C16H19N3O4S/c1-21-13-8-17-16(22-13)23-14-3-2-12(24-14)15(20)18-11-9-19-6-4-10(11)5-7-19/h2-3,8,10-11H,4-7,9H2,1H3,(H,18,20)/t11-/m0/s1. The number of ether oxygens (including phenoxy) is 2. The van der Waals surface area contributed by atoms with Crippen LogP contribution in [0.2, 0.25) is 0 Å². The van der Waals surface area contributed by atoms with Crippen LogP contribution < -0.4 is 14.8 Å². The number of piperidine rings is 3. The lowest BCUT2D eigenvalue weighted by Gasteiger charge is -2.44. The van der Waals surface area contributed by atoms with Crippen molar-refractivity contribution in [3.63, 3.8) is 0 Å². The van der Waals surface area contributed by atoms with Crippen LogP contribution in [0, 0.1) is 5.92 Å². The Morgan fingerprint density at radius 1 is 1.42 bits per heavy atom. The molecule has 0 saturated carbocycles. The highest BCUT2D eigenvalue weighted by Gasteiger charge is 2.35. The Bertz CT molecular complexity index is 720. The van der Waals surface area contributed by atoms with Gasteiger partial charge in [0.25, 0.3) is 5.91 Å². The maximum atomic E-state index is 12.5. The highest BCUT2D eigenvalue weighted by atomic mass is 32.1. The summed E-state index contributed by atoms with van der Waals surface area (Å²) in [6, 6.07) is 3.76. The molecule has 24 heavy (non-hydrogen) atoms. The van der Waals surface area contributed by atoms with E-state index >= 15 is 0 Å². The molecule has 1 N–H and O–H groups in total. The van der Waals surface area contributed by atoms with Crippen molar-refractivity contribution >= 4 is 17.2 Å². The first-order valence-electron chi connectivity index (χ1n) is 8.02. The topological polar surface area (TPSA) is 76.8 Å². The first-order chi connectivity index (χ1) is 11.7. The van der Waals surface area contributed by atoms with Gasteiger partial charge in [0.2, 0.25) is 0 Å². The lowest BCUT2D eigenvalue weighted by molar-refractivity contribution is 0.0622. The highest BCUT2D eigenvalue weighted by Crippen LogP contribution is 2.31. The second-order valence-electron chi connectivity index (χ2n) is 6.09. The van der Waals surface area contributed by atoms with Gasteiger partial charge in [-0.25, -0.2) is 0 Å². The smallest absolute Gasteiger partial charge is 0.403 e. The number of carbonyl (C=O) groups is 1. The summed E-state index contributed by atoms with van der Waals surface area (Å²) in [6.45, 7) is 3.28. The van der Waals surface area contributed by atoms with Gasteiger partial charge in [-0.1, -0.05) is 11.3 Å². The van der Waals surface area contributed by atoms with Crippen molar-refractivity contribution < 1.29 is 18.7 Å². The number of fused-ring (bicyclic) bond motifs is 3. The molecule has 2 aromatic rings. The van der Waals surface area contributed by atoms with Gasteiger partial charge in [-0.05, 0) is 44.0 Å². The fraction of sp³-hybridized carbons (Fsp3) is 0.500. The van der Waals surface area contributed by atoms with Gasteiger partial charge in [0.1, 0.15) is 6.20 Å². The van der Waals surface area contributed by atoms with Gasteiger partial charge in [0.15, 0.2) is 5.06 Å². The van der Waals surface area contributed by atoms with E-state index in [9.17, 15) is 4.79 Å². The number of thiophene rings is 1. The number of oxazole rings is 1. The van der Waals surface area contributed by atoms with Crippen molar-refractivity contribution in [1.29, 1.82) is 0 Å². The molecule has 3 saturated heterocycles. The summed E-state index contributed by atoms with van der Waals surface area (Å²) in [7, 11) is 1.49. The zero-order valence-electron chi connectivity index (χ0n) is 13.4. The molecule has 2 aromatic heterocycles. The minimum atomic E-state index is -0.0430. The predicted molar refractivity (Wildman–Crippen MR) is 87.9 cm³/mol. The second kappa shape index (κ2) is 6.45. The maximum Gasteiger partial charge on any atom is 0.403 e. The Labute approximate surface area is 143 Å². The lowest BCUT2D eigenvalue weighted by atomic mass is 9.84. The molecule has 0 spiro atoms. The summed E-state index contributed by atoms with van der Waals surface area (Å²) in [5.74, 6) is 0.842. The van der Waals surface area contributed by atoms with Crippen molar-refractivity contribution in [2.45, 2.75) is 18.9 Å². The number of nitrogens with zero attached hydrogens (tertiary/aromatic N) is 2. The zero-order valence-corrected chi connectivity index (χ0v) is 14.2. The van der Waals surface area contributed by atoms with Gasteiger partial charge in [-0.3, -0.25) is 4.79 Å². The quantitative estimate of drug-likeness (QED) is 0.893. The molecule has 7 nitrogen and oxygen atoms in total. The fourth-order valence-electron chi connectivity index (χ4n) is 3.34. The van der Waals surface area contributed by atoms with E-state index in [0.717, 1.165) is 19.6 Å². The van der Waals surface area contributed by atoms with Crippen LogP contribution in [-0.4, -0.2) is 48.6 Å². The van der Waals surface area contributed by atoms with Crippen LogP contribution in [0.15, 0.2) is 22.7 Å².